The third-order valence-corrected chi connectivity index (χ3v) is 6.08. The lowest BCUT2D eigenvalue weighted by Crippen LogP contribution is -2.28. The minimum atomic E-state index is -0.475. The second-order valence-electron chi connectivity index (χ2n) is 7.11. The Morgan fingerprint density at radius 3 is 2.56 bits per heavy atom. The van der Waals surface area contributed by atoms with Crippen LogP contribution < -0.4 is 14.4 Å². The van der Waals surface area contributed by atoms with E-state index in [-0.39, 0.29) is 18.1 Å². The summed E-state index contributed by atoms with van der Waals surface area (Å²) in [5.74, 6) is 0.866. The average Bonchev–Trinajstić information content (AvgIpc) is 3.31. The molecule has 0 radical (unpaired) electrons. The number of benzene rings is 2. The topological polar surface area (TPSA) is 108 Å². The molecule has 0 N–H and O–H groups in total. The molecular weight excluding hydrogens is 456 g/mol. The molecule has 0 aliphatic rings. The molecular formula is C24H20N4O5S. The van der Waals surface area contributed by atoms with Crippen LogP contribution in [0.25, 0.3) is 16.3 Å². The summed E-state index contributed by atoms with van der Waals surface area (Å²) in [5, 5.41) is 11.5. The number of fused-ring (bicyclic) bond motifs is 1. The normalized spacial score (nSPS) is 11.0. The van der Waals surface area contributed by atoms with Gasteiger partial charge in [0, 0.05) is 30.6 Å². The first kappa shape index (κ1) is 22.9. The van der Waals surface area contributed by atoms with Gasteiger partial charge >= 0.3 is 0 Å². The fourth-order valence-electron chi connectivity index (χ4n) is 3.30. The zero-order valence-corrected chi connectivity index (χ0v) is 19.2. The molecule has 0 atom stereocenters. The van der Waals surface area contributed by atoms with Crippen molar-refractivity contribution < 1.29 is 19.2 Å². The molecule has 2 heterocycles. The second-order valence-corrected chi connectivity index (χ2v) is 8.09. The molecule has 4 aromatic rings. The molecule has 10 heteroatoms. The van der Waals surface area contributed by atoms with E-state index in [2.05, 4.69) is 9.97 Å². The zero-order valence-electron chi connectivity index (χ0n) is 18.4. The van der Waals surface area contributed by atoms with Crippen molar-refractivity contribution >= 4 is 44.4 Å². The van der Waals surface area contributed by atoms with E-state index < -0.39 is 4.92 Å². The summed E-state index contributed by atoms with van der Waals surface area (Å²) < 4.78 is 11.7. The highest BCUT2D eigenvalue weighted by Gasteiger charge is 2.22. The number of non-ortho nitro benzene ring substituents is 1. The van der Waals surface area contributed by atoms with Crippen molar-refractivity contribution in [2.75, 3.05) is 19.1 Å². The van der Waals surface area contributed by atoms with Gasteiger partial charge in [-0.3, -0.25) is 24.8 Å². The molecule has 9 nitrogen and oxygen atoms in total. The molecule has 2 aromatic heterocycles. The van der Waals surface area contributed by atoms with Crippen LogP contribution >= 0.6 is 11.3 Å². The number of rotatable bonds is 8. The fourth-order valence-corrected chi connectivity index (χ4v) is 4.38. The van der Waals surface area contributed by atoms with Crippen molar-refractivity contribution in [2.24, 2.45) is 0 Å². The van der Waals surface area contributed by atoms with E-state index in [4.69, 9.17) is 9.47 Å². The summed E-state index contributed by atoms with van der Waals surface area (Å²) in [5.41, 5.74) is 1.95. The maximum absolute atomic E-state index is 13.3. The number of nitrogens with zero attached hydrogens (tertiary/aromatic N) is 4. The highest BCUT2D eigenvalue weighted by molar-refractivity contribution is 7.22. The molecule has 172 valence electrons. The van der Waals surface area contributed by atoms with E-state index >= 15 is 0 Å². The number of carbonyl (C=O) groups is 1. The lowest BCUT2D eigenvalue weighted by atomic mass is 10.2. The van der Waals surface area contributed by atoms with Crippen molar-refractivity contribution in [2.45, 2.75) is 6.54 Å². The van der Waals surface area contributed by atoms with Gasteiger partial charge in [-0.25, -0.2) is 4.98 Å². The Bertz CT molecular complexity index is 1330. The van der Waals surface area contributed by atoms with Crippen LogP contribution in [0, 0.1) is 10.1 Å². The van der Waals surface area contributed by atoms with Crippen LogP contribution in [0.3, 0.4) is 0 Å². The highest BCUT2D eigenvalue weighted by atomic mass is 32.1. The van der Waals surface area contributed by atoms with Crippen LogP contribution in [0.15, 0.2) is 67.0 Å². The minimum Gasteiger partial charge on any atom is -0.495 e. The van der Waals surface area contributed by atoms with Crippen LogP contribution in [0.4, 0.5) is 10.8 Å². The summed E-state index contributed by atoms with van der Waals surface area (Å²) in [6, 6.07) is 13.3. The fraction of sp³-hybridized carbons (Fsp3) is 0.125. The van der Waals surface area contributed by atoms with Gasteiger partial charge in [0.2, 0.25) is 0 Å². The van der Waals surface area contributed by atoms with Gasteiger partial charge in [0.25, 0.3) is 11.6 Å². The number of nitro groups is 1. The predicted molar refractivity (Wildman–Crippen MR) is 130 cm³/mol. The SMILES string of the molecule is COc1ccc(OC)c2sc(N(Cc3ccncc3)C(=O)/C=C/c3cccc([N+](=O)[O-])c3)nc12. The standard InChI is InChI=1S/C24H20N4O5S/c1-32-19-7-8-20(33-2)23-22(19)26-24(34-23)27(15-17-10-12-25-13-11-17)21(29)9-6-16-4-3-5-18(14-16)28(30)31/h3-14H,15H2,1-2H3/b9-6+. The first-order valence-electron chi connectivity index (χ1n) is 10.1. The van der Waals surface area contributed by atoms with Gasteiger partial charge in [-0.2, -0.15) is 0 Å². The molecule has 0 spiro atoms. The monoisotopic (exact) mass is 476 g/mol. The number of aromatic nitrogens is 2. The number of ether oxygens (including phenoxy) is 2. The van der Waals surface area contributed by atoms with Gasteiger partial charge in [0.15, 0.2) is 5.13 Å². The summed E-state index contributed by atoms with van der Waals surface area (Å²) in [7, 11) is 3.13. The molecule has 1 amide bonds. The molecule has 0 aliphatic heterocycles. The number of amides is 1. The Balaban J connectivity index is 1.73. The number of thiazole rings is 1. The van der Waals surface area contributed by atoms with E-state index in [1.807, 2.05) is 12.1 Å². The van der Waals surface area contributed by atoms with Crippen LogP contribution in [0.5, 0.6) is 11.5 Å². The Morgan fingerprint density at radius 2 is 1.85 bits per heavy atom. The number of pyridine rings is 1. The number of carbonyl (C=O) groups excluding carboxylic acids is 1. The van der Waals surface area contributed by atoms with Gasteiger partial charge in [-0.05, 0) is 41.5 Å². The third-order valence-electron chi connectivity index (χ3n) is 4.99. The maximum atomic E-state index is 13.3. The first-order valence-corrected chi connectivity index (χ1v) is 11.0. The molecule has 0 saturated carbocycles. The van der Waals surface area contributed by atoms with Crippen molar-refractivity contribution in [1.82, 2.24) is 9.97 Å². The zero-order chi connectivity index (χ0) is 24.1. The number of nitro benzene ring substituents is 1. The van der Waals surface area contributed by atoms with Crippen LogP contribution in [0.2, 0.25) is 0 Å². The summed E-state index contributed by atoms with van der Waals surface area (Å²) in [4.78, 5) is 34.1. The molecule has 0 fully saturated rings. The maximum Gasteiger partial charge on any atom is 0.270 e. The van der Waals surface area contributed by atoms with Gasteiger partial charge in [-0.15, -0.1) is 0 Å². The molecule has 0 saturated heterocycles. The van der Waals surface area contributed by atoms with Crippen molar-refractivity contribution in [3.8, 4) is 11.5 Å². The van der Waals surface area contributed by atoms with E-state index in [0.717, 1.165) is 10.3 Å². The van der Waals surface area contributed by atoms with Crippen molar-refractivity contribution in [3.05, 3.63) is 88.2 Å². The predicted octanol–water partition coefficient (Wildman–Crippen LogP) is 4.86. The van der Waals surface area contributed by atoms with Crippen LogP contribution in [0.1, 0.15) is 11.1 Å². The molecule has 0 unspecified atom stereocenters. The summed E-state index contributed by atoms with van der Waals surface area (Å²) in [6.07, 6.45) is 6.23. The molecule has 0 aliphatic carbocycles. The van der Waals surface area contributed by atoms with E-state index in [1.165, 1.54) is 34.4 Å². The molecule has 34 heavy (non-hydrogen) atoms. The largest absolute Gasteiger partial charge is 0.495 e. The van der Waals surface area contributed by atoms with Crippen LogP contribution in [-0.4, -0.2) is 35.0 Å². The quantitative estimate of drug-likeness (QED) is 0.203. The van der Waals surface area contributed by atoms with Crippen molar-refractivity contribution in [3.63, 3.8) is 0 Å². The molecule has 2 aromatic carbocycles. The van der Waals surface area contributed by atoms with E-state index in [0.29, 0.717) is 27.7 Å². The Kier molecular flexibility index (Phi) is 6.79. The number of methoxy groups -OCH3 is 2. The average molecular weight is 477 g/mol. The van der Waals surface area contributed by atoms with E-state index in [9.17, 15) is 14.9 Å². The number of hydrogen-bond acceptors (Lipinski definition) is 8. The Morgan fingerprint density at radius 1 is 1.12 bits per heavy atom. The number of hydrogen-bond donors (Lipinski definition) is 0. The lowest BCUT2D eigenvalue weighted by Gasteiger charge is -2.18. The smallest absolute Gasteiger partial charge is 0.270 e. The lowest BCUT2D eigenvalue weighted by molar-refractivity contribution is -0.384. The summed E-state index contributed by atoms with van der Waals surface area (Å²) >= 11 is 1.31. The summed E-state index contributed by atoms with van der Waals surface area (Å²) in [6.45, 7) is 0.255. The van der Waals surface area contributed by atoms with Crippen LogP contribution in [-0.2, 0) is 11.3 Å². The van der Waals surface area contributed by atoms with E-state index in [1.54, 1.807) is 57.0 Å². The Hall–Kier alpha value is -4.31. The van der Waals surface area contributed by atoms with Gasteiger partial charge in [0.1, 0.15) is 21.7 Å². The Labute approximate surface area is 199 Å². The highest BCUT2D eigenvalue weighted by Crippen LogP contribution is 2.40. The minimum absolute atomic E-state index is 0.0476. The van der Waals surface area contributed by atoms with Gasteiger partial charge < -0.3 is 9.47 Å². The van der Waals surface area contributed by atoms with Crippen molar-refractivity contribution in [1.29, 1.82) is 0 Å². The molecule has 0 bridgehead atoms. The third kappa shape index (κ3) is 4.86. The second kappa shape index (κ2) is 10.1. The molecule has 4 rings (SSSR count). The van der Waals surface area contributed by atoms with Gasteiger partial charge in [-0.1, -0.05) is 23.5 Å². The first-order chi connectivity index (χ1) is 16.5. The number of anilines is 1. The van der Waals surface area contributed by atoms with Gasteiger partial charge in [0.05, 0.1) is 25.7 Å².